The Balaban J connectivity index is 2.75. The average Bonchev–Trinajstić information content (AvgIpc) is 2.48. The van der Waals surface area contributed by atoms with Gasteiger partial charge >= 0.3 is 0 Å². The van der Waals surface area contributed by atoms with E-state index >= 15 is 0 Å². The molecule has 0 aliphatic rings. The quantitative estimate of drug-likeness (QED) is 0.705. The van der Waals surface area contributed by atoms with Crippen LogP contribution in [0.4, 0.5) is 5.82 Å². The lowest BCUT2D eigenvalue weighted by Crippen LogP contribution is -2.03. The molecule has 0 aliphatic heterocycles. The summed E-state index contributed by atoms with van der Waals surface area (Å²) in [5.41, 5.74) is 6.46. The summed E-state index contributed by atoms with van der Waals surface area (Å²) in [7, 11) is 0. The van der Waals surface area contributed by atoms with Crippen LogP contribution in [0, 0.1) is 0 Å². The van der Waals surface area contributed by atoms with E-state index in [0.29, 0.717) is 5.82 Å². The van der Waals surface area contributed by atoms with Crippen LogP contribution in [0.5, 0.6) is 0 Å². The van der Waals surface area contributed by atoms with E-state index in [-0.39, 0.29) is 6.04 Å². The van der Waals surface area contributed by atoms with Crippen molar-refractivity contribution in [3.63, 3.8) is 0 Å². The molecule has 0 radical (unpaired) electrons. The van der Waals surface area contributed by atoms with Gasteiger partial charge in [-0.05, 0) is 13.8 Å². The molecule has 2 aromatic rings. The summed E-state index contributed by atoms with van der Waals surface area (Å²) in [5, 5.41) is 5.01. The molecular formula is C8H11N5. The minimum atomic E-state index is 0.284. The van der Waals surface area contributed by atoms with Gasteiger partial charge < -0.3 is 5.73 Å². The van der Waals surface area contributed by atoms with Crippen LogP contribution in [0.3, 0.4) is 0 Å². The molecule has 5 heteroatoms. The molecule has 2 N–H and O–H groups in total. The van der Waals surface area contributed by atoms with Crippen molar-refractivity contribution in [1.29, 1.82) is 0 Å². The van der Waals surface area contributed by atoms with Crippen LogP contribution in [-0.4, -0.2) is 19.7 Å². The highest BCUT2D eigenvalue weighted by atomic mass is 15.3. The number of hydrogen-bond acceptors (Lipinski definition) is 4. The van der Waals surface area contributed by atoms with Crippen LogP contribution in [0.15, 0.2) is 12.5 Å². The molecule has 0 fully saturated rings. The van der Waals surface area contributed by atoms with Gasteiger partial charge in [0.1, 0.15) is 12.1 Å². The Morgan fingerprint density at radius 1 is 1.38 bits per heavy atom. The predicted molar refractivity (Wildman–Crippen MR) is 50.1 cm³/mol. The molecule has 2 rings (SSSR count). The molecular weight excluding hydrogens is 166 g/mol. The number of rotatable bonds is 1. The first-order chi connectivity index (χ1) is 6.20. The van der Waals surface area contributed by atoms with Crippen molar-refractivity contribution in [3.05, 3.63) is 12.5 Å². The average molecular weight is 177 g/mol. The third kappa shape index (κ3) is 1.12. The van der Waals surface area contributed by atoms with Gasteiger partial charge in [-0.1, -0.05) is 0 Å². The molecule has 0 bridgehead atoms. The first kappa shape index (κ1) is 7.97. The van der Waals surface area contributed by atoms with Gasteiger partial charge in [-0.15, -0.1) is 0 Å². The third-order valence-electron chi connectivity index (χ3n) is 1.91. The van der Waals surface area contributed by atoms with Crippen molar-refractivity contribution in [2.75, 3.05) is 5.73 Å². The van der Waals surface area contributed by atoms with Gasteiger partial charge in [-0.2, -0.15) is 5.10 Å². The maximum Gasteiger partial charge on any atom is 0.163 e. The van der Waals surface area contributed by atoms with Crippen molar-refractivity contribution < 1.29 is 0 Å². The van der Waals surface area contributed by atoms with Gasteiger partial charge in [0, 0.05) is 6.04 Å². The lowest BCUT2D eigenvalue weighted by Gasteiger charge is -2.05. The molecule has 0 amide bonds. The lowest BCUT2D eigenvalue weighted by atomic mass is 10.4. The van der Waals surface area contributed by atoms with Crippen LogP contribution in [0.2, 0.25) is 0 Å². The summed E-state index contributed by atoms with van der Waals surface area (Å²) in [4.78, 5) is 8.03. The van der Waals surface area contributed by atoms with E-state index in [0.717, 1.165) is 11.0 Å². The van der Waals surface area contributed by atoms with Gasteiger partial charge in [0.25, 0.3) is 0 Å². The SMILES string of the molecule is CC(C)n1ncc2c(N)ncnc21. The number of hydrogen-bond donors (Lipinski definition) is 1. The van der Waals surface area contributed by atoms with Crippen molar-refractivity contribution in [1.82, 2.24) is 19.7 Å². The Morgan fingerprint density at radius 2 is 2.15 bits per heavy atom. The van der Waals surface area contributed by atoms with E-state index in [2.05, 4.69) is 15.1 Å². The van der Waals surface area contributed by atoms with Crippen molar-refractivity contribution in [2.24, 2.45) is 0 Å². The van der Waals surface area contributed by atoms with Crippen LogP contribution in [0.1, 0.15) is 19.9 Å². The number of nitrogen functional groups attached to an aromatic ring is 1. The van der Waals surface area contributed by atoms with Crippen molar-refractivity contribution in [3.8, 4) is 0 Å². The smallest absolute Gasteiger partial charge is 0.163 e. The van der Waals surface area contributed by atoms with E-state index in [1.54, 1.807) is 6.20 Å². The van der Waals surface area contributed by atoms with Crippen LogP contribution >= 0.6 is 0 Å². The monoisotopic (exact) mass is 177 g/mol. The van der Waals surface area contributed by atoms with E-state index in [1.807, 2.05) is 18.5 Å². The zero-order chi connectivity index (χ0) is 9.42. The maximum absolute atomic E-state index is 5.67. The number of anilines is 1. The molecule has 5 nitrogen and oxygen atoms in total. The van der Waals surface area contributed by atoms with E-state index in [9.17, 15) is 0 Å². The minimum absolute atomic E-state index is 0.284. The Hall–Kier alpha value is -1.65. The predicted octanol–water partition coefficient (Wildman–Crippen LogP) is 0.989. The van der Waals surface area contributed by atoms with E-state index in [1.165, 1.54) is 6.33 Å². The Morgan fingerprint density at radius 3 is 2.85 bits per heavy atom. The second-order valence-electron chi connectivity index (χ2n) is 3.18. The minimum Gasteiger partial charge on any atom is -0.383 e. The zero-order valence-electron chi connectivity index (χ0n) is 7.60. The summed E-state index contributed by atoms with van der Waals surface area (Å²) in [6, 6.07) is 0.284. The standard InChI is InChI=1S/C8H11N5/c1-5(2)13-8-6(3-12-13)7(9)10-4-11-8/h3-5H,1-2H3,(H2,9,10,11). The second-order valence-corrected chi connectivity index (χ2v) is 3.18. The molecule has 0 aliphatic carbocycles. The molecule has 13 heavy (non-hydrogen) atoms. The van der Waals surface area contributed by atoms with Crippen molar-refractivity contribution >= 4 is 16.9 Å². The normalized spacial score (nSPS) is 11.3. The molecule has 0 aromatic carbocycles. The lowest BCUT2D eigenvalue weighted by molar-refractivity contribution is 0.546. The highest BCUT2D eigenvalue weighted by Gasteiger charge is 2.08. The molecule has 0 atom stereocenters. The summed E-state index contributed by atoms with van der Waals surface area (Å²) in [6.45, 7) is 4.09. The molecule has 0 spiro atoms. The largest absolute Gasteiger partial charge is 0.383 e. The van der Waals surface area contributed by atoms with E-state index < -0.39 is 0 Å². The summed E-state index contributed by atoms with van der Waals surface area (Å²) in [6.07, 6.45) is 3.16. The molecule has 2 heterocycles. The van der Waals surface area contributed by atoms with Gasteiger partial charge in [-0.3, -0.25) is 0 Å². The Labute approximate surface area is 75.6 Å². The number of nitrogens with two attached hydrogens (primary N) is 1. The number of nitrogens with zero attached hydrogens (tertiary/aromatic N) is 4. The fourth-order valence-corrected chi connectivity index (χ4v) is 1.26. The second kappa shape index (κ2) is 2.69. The maximum atomic E-state index is 5.67. The first-order valence-corrected chi connectivity index (χ1v) is 4.14. The van der Waals surface area contributed by atoms with Crippen LogP contribution in [0.25, 0.3) is 11.0 Å². The van der Waals surface area contributed by atoms with Gasteiger partial charge in [0.05, 0.1) is 11.6 Å². The summed E-state index contributed by atoms with van der Waals surface area (Å²) in [5.74, 6) is 0.483. The van der Waals surface area contributed by atoms with Gasteiger partial charge in [0.15, 0.2) is 5.65 Å². The third-order valence-corrected chi connectivity index (χ3v) is 1.91. The van der Waals surface area contributed by atoms with Gasteiger partial charge in [-0.25, -0.2) is 14.6 Å². The summed E-state index contributed by atoms with van der Waals surface area (Å²) >= 11 is 0. The van der Waals surface area contributed by atoms with Crippen LogP contribution in [-0.2, 0) is 0 Å². The number of aromatic nitrogens is 4. The Bertz CT molecular complexity index is 431. The first-order valence-electron chi connectivity index (χ1n) is 4.14. The molecule has 2 aromatic heterocycles. The highest BCUT2D eigenvalue weighted by Crippen LogP contribution is 2.18. The molecule has 68 valence electrons. The topological polar surface area (TPSA) is 69.6 Å². The fraction of sp³-hybridized carbons (Fsp3) is 0.375. The Kier molecular flexibility index (Phi) is 1.65. The van der Waals surface area contributed by atoms with Crippen molar-refractivity contribution in [2.45, 2.75) is 19.9 Å². The van der Waals surface area contributed by atoms with Crippen LogP contribution < -0.4 is 5.73 Å². The van der Waals surface area contributed by atoms with E-state index in [4.69, 9.17) is 5.73 Å². The van der Waals surface area contributed by atoms with Gasteiger partial charge in [0.2, 0.25) is 0 Å². The molecule has 0 saturated carbocycles. The number of fused-ring (bicyclic) bond motifs is 1. The summed E-state index contributed by atoms with van der Waals surface area (Å²) < 4.78 is 1.83. The molecule has 0 saturated heterocycles. The zero-order valence-corrected chi connectivity index (χ0v) is 7.60. The molecule has 0 unspecified atom stereocenters. The highest BCUT2D eigenvalue weighted by molar-refractivity contribution is 5.84. The fourth-order valence-electron chi connectivity index (χ4n) is 1.26.